The molecule has 1 saturated heterocycles. The zero-order valence-corrected chi connectivity index (χ0v) is 10.3. The van der Waals surface area contributed by atoms with Crippen molar-refractivity contribution in [3.05, 3.63) is 29.8 Å². The molecule has 0 spiro atoms. The number of amides is 5. The van der Waals surface area contributed by atoms with Gasteiger partial charge in [-0.3, -0.25) is 14.4 Å². The maximum atomic E-state index is 12.0. The minimum absolute atomic E-state index is 0.259. The maximum Gasteiger partial charge on any atom is 0.329 e. The average Bonchev–Trinajstić information content (AvgIpc) is 2.64. The first-order valence-electron chi connectivity index (χ1n) is 5.73. The molecule has 1 unspecified atom stereocenters. The molecule has 1 heterocycles. The van der Waals surface area contributed by atoms with Gasteiger partial charge in [-0.1, -0.05) is 0 Å². The molecule has 0 saturated carbocycles. The lowest BCUT2D eigenvalue weighted by Gasteiger charge is -2.13. The molecule has 8 heteroatoms. The number of carbonyl (C=O) groups excluding carboxylic acids is 4. The fourth-order valence-electron chi connectivity index (χ4n) is 1.89. The van der Waals surface area contributed by atoms with Gasteiger partial charge in [0.1, 0.15) is 6.04 Å². The summed E-state index contributed by atoms with van der Waals surface area (Å²) >= 11 is 0. The highest BCUT2D eigenvalue weighted by molar-refractivity contribution is 6.22. The molecular formula is C12H12N4O4. The van der Waals surface area contributed by atoms with Crippen molar-refractivity contribution in [3.63, 3.8) is 0 Å². The number of nitrogens with one attached hydrogen (secondary N) is 1. The molecule has 20 heavy (non-hydrogen) atoms. The number of rotatable bonds is 4. The van der Waals surface area contributed by atoms with Crippen molar-refractivity contribution in [2.75, 3.05) is 4.90 Å². The topological polar surface area (TPSA) is 136 Å². The van der Waals surface area contributed by atoms with Crippen LogP contribution >= 0.6 is 0 Å². The third-order valence-corrected chi connectivity index (χ3v) is 2.83. The van der Waals surface area contributed by atoms with Crippen molar-refractivity contribution in [3.8, 4) is 0 Å². The summed E-state index contributed by atoms with van der Waals surface area (Å²) in [4.78, 5) is 46.4. The van der Waals surface area contributed by atoms with Crippen LogP contribution in [0.1, 0.15) is 16.8 Å². The summed E-state index contributed by atoms with van der Waals surface area (Å²) < 4.78 is 0. The third-order valence-electron chi connectivity index (χ3n) is 2.83. The highest BCUT2D eigenvalue weighted by Gasteiger charge is 2.39. The summed E-state index contributed by atoms with van der Waals surface area (Å²) in [5.41, 5.74) is 10.6. The van der Waals surface area contributed by atoms with E-state index < -0.39 is 29.8 Å². The molecule has 5 N–H and O–H groups in total. The fraction of sp³-hybridized carbons (Fsp3) is 0.167. The normalized spacial score (nSPS) is 18.0. The van der Waals surface area contributed by atoms with Gasteiger partial charge in [0, 0.05) is 5.56 Å². The van der Waals surface area contributed by atoms with Crippen LogP contribution in [0.3, 0.4) is 0 Å². The average molecular weight is 276 g/mol. The zero-order chi connectivity index (χ0) is 14.9. The molecule has 1 aliphatic rings. The van der Waals surface area contributed by atoms with Crippen LogP contribution in [-0.4, -0.2) is 29.8 Å². The molecule has 0 aromatic heterocycles. The SMILES string of the molecule is NC(=O)CC1NC(=O)N(c2ccc(C(N)=O)cc2)C1=O. The second-order valence-electron chi connectivity index (χ2n) is 4.26. The summed E-state index contributed by atoms with van der Waals surface area (Å²) in [6, 6.07) is 4.04. The summed E-state index contributed by atoms with van der Waals surface area (Å²) in [5.74, 6) is -1.87. The molecule has 1 fully saturated rings. The Labute approximate surface area is 113 Å². The Balaban J connectivity index is 2.24. The Hall–Kier alpha value is -2.90. The number of urea groups is 1. The predicted molar refractivity (Wildman–Crippen MR) is 68.6 cm³/mol. The molecule has 8 nitrogen and oxygen atoms in total. The van der Waals surface area contributed by atoms with Gasteiger partial charge in [-0.2, -0.15) is 0 Å². The van der Waals surface area contributed by atoms with E-state index in [1.165, 1.54) is 24.3 Å². The van der Waals surface area contributed by atoms with Gasteiger partial charge >= 0.3 is 6.03 Å². The van der Waals surface area contributed by atoms with Crippen molar-refractivity contribution >= 4 is 29.4 Å². The number of hydrogen-bond donors (Lipinski definition) is 3. The largest absolute Gasteiger partial charge is 0.370 e. The predicted octanol–water partition coefficient (Wildman–Crippen LogP) is -0.914. The first-order valence-corrected chi connectivity index (χ1v) is 5.73. The Morgan fingerprint density at radius 1 is 1.15 bits per heavy atom. The fourth-order valence-corrected chi connectivity index (χ4v) is 1.89. The zero-order valence-electron chi connectivity index (χ0n) is 10.3. The quantitative estimate of drug-likeness (QED) is 0.613. The summed E-state index contributed by atoms with van der Waals surface area (Å²) in [6.45, 7) is 0. The van der Waals surface area contributed by atoms with Crippen LogP contribution in [0, 0.1) is 0 Å². The smallest absolute Gasteiger partial charge is 0.329 e. The number of benzene rings is 1. The van der Waals surface area contributed by atoms with E-state index in [-0.39, 0.29) is 17.7 Å². The number of carbonyl (C=O) groups is 4. The lowest BCUT2D eigenvalue weighted by Crippen LogP contribution is -2.34. The lowest BCUT2D eigenvalue weighted by molar-refractivity contribution is -0.123. The number of hydrogen-bond acceptors (Lipinski definition) is 4. The van der Waals surface area contributed by atoms with Gasteiger partial charge in [0.25, 0.3) is 5.91 Å². The summed E-state index contributed by atoms with van der Waals surface area (Å²) in [5, 5.41) is 2.37. The third kappa shape index (κ3) is 2.44. The lowest BCUT2D eigenvalue weighted by atomic mass is 10.1. The molecule has 0 aliphatic carbocycles. The highest BCUT2D eigenvalue weighted by Crippen LogP contribution is 2.21. The Kier molecular flexibility index (Phi) is 3.38. The van der Waals surface area contributed by atoms with E-state index in [1.807, 2.05) is 0 Å². The highest BCUT2D eigenvalue weighted by atomic mass is 16.2. The van der Waals surface area contributed by atoms with E-state index in [0.29, 0.717) is 0 Å². The number of nitrogens with zero attached hydrogens (tertiary/aromatic N) is 1. The number of imide groups is 1. The van der Waals surface area contributed by atoms with Crippen LogP contribution in [-0.2, 0) is 9.59 Å². The standard InChI is InChI=1S/C12H12N4O4/c13-9(17)5-8-11(19)16(12(20)15-8)7-3-1-6(2-4-7)10(14)18/h1-4,8H,5H2,(H2,13,17)(H2,14,18)(H,15,20). The van der Waals surface area contributed by atoms with Crippen molar-refractivity contribution < 1.29 is 19.2 Å². The monoisotopic (exact) mass is 276 g/mol. The number of nitrogens with two attached hydrogens (primary N) is 2. The van der Waals surface area contributed by atoms with Crippen molar-refractivity contribution in [1.82, 2.24) is 5.32 Å². The summed E-state index contributed by atoms with van der Waals surface area (Å²) in [6.07, 6.45) is -0.263. The van der Waals surface area contributed by atoms with Gasteiger partial charge in [-0.05, 0) is 24.3 Å². The molecule has 104 valence electrons. The van der Waals surface area contributed by atoms with Crippen LogP contribution < -0.4 is 21.7 Å². The van der Waals surface area contributed by atoms with Crippen LogP contribution in [0.2, 0.25) is 0 Å². The van der Waals surface area contributed by atoms with E-state index in [4.69, 9.17) is 11.5 Å². The van der Waals surface area contributed by atoms with E-state index in [9.17, 15) is 19.2 Å². The molecule has 1 aliphatic heterocycles. The Morgan fingerprint density at radius 2 is 1.75 bits per heavy atom. The second-order valence-corrected chi connectivity index (χ2v) is 4.26. The van der Waals surface area contributed by atoms with Gasteiger partial charge in [-0.15, -0.1) is 0 Å². The number of primary amides is 2. The van der Waals surface area contributed by atoms with Crippen LogP contribution in [0.5, 0.6) is 0 Å². The molecule has 1 atom stereocenters. The Morgan fingerprint density at radius 3 is 2.25 bits per heavy atom. The Bertz CT molecular complexity index is 596. The van der Waals surface area contributed by atoms with Gasteiger partial charge in [0.15, 0.2) is 0 Å². The van der Waals surface area contributed by atoms with Crippen LogP contribution in [0.4, 0.5) is 10.5 Å². The second kappa shape index (κ2) is 5.00. The first-order chi connectivity index (χ1) is 9.40. The molecule has 1 aromatic rings. The van der Waals surface area contributed by atoms with Gasteiger partial charge < -0.3 is 16.8 Å². The van der Waals surface area contributed by atoms with Gasteiger partial charge in [0.2, 0.25) is 11.8 Å². The minimum Gasteiger partial charge on any atom is -0.370 e. The molecule has 0 bridgehead atoms. The first kappa shape index (κ1) is 13.5. The number of anilines is 1. The van der Waals surface area contributed by atoms with E-state index in [1.54, 1.807) is 0 Å². The summed E-state index contributed by atoms with van der Waals surface area (Å²) in [7, 11) is 0. The van der Waals surface area contributed by atoms with Crippen molar-refractivity contribution in [1.29, 1.82) is 0 Å². The van der Waals surface area contributed by atoms with Crippen molar-refractivity contribution in [2.24, 2.45) is 11.5 Å². The van der Waals surface area contributed by atoms with E-state index >= 15 is 0 Å². The molecule has 5 amide bonds. The van der Waals surface area contributed by atoms with E-state index in [0.717, 1.165) is 4.90 Å². The maximum absolute atomic E-state index is 12.0. The molecule has 1 aromatic carbocycles. The van der Waals surface area contributed by atoms with Crippen LogP contribution in [0.25, 0.3) is 0 Å². The van der Waals surface area contributed by atoms with Gasteiger partial charge in [0.05, 0.1) is 12.1 Å². The molecular weight excluding hydrogens is 264 g/mol. The van der Waals surface area contributed by atoms with Crippen molar-refractivity contribution in [2.45, 2.75) is 12.5 Å². The minimum atomic E-state index is -0.962. The molecule has 2 rings (SSSR count). The van der Waals surface area contributed by atoms with Crippen LogP contribution in [0.15, 0.2) is 24.3 Å². The van der Waals surface area contributed by atoms with E-state index in [2.05, 4.69) is 5.32 Å². The molecule has 0 radical (unpaired) electrons. The van der Waals surface area contributed by atoms with Gasteiger partial charge in [-0.25, -0.2) is 9.69 Å².